The Morgan fingerprint density at radius 2 is 1.90 bits per heavy atom. The Bertz CT molecular complexity index is 637. The molecule has 108 valence electrons. The van der Waals surface area contributed by atoms with Crippen LogP contribution in [0.25, 0.3) is 0 Å². The van der Waals surface area contributed by atoms with Crippen molar-refractivity contribution in [3.05, 3.63) is 54.1 Å². The Balaban J connectivity index is 1.73. The fourth-order valence-electron chi connectivity index (χ4n) is 2.54. The molecule has 1 aliphatic rings. The Labute approximate surface area is 124 Å². The number of carbonyl (C=O) groups excluding carboxylic acids is 1. The zero-order valence-corrected chi connectivity index (χ0v) is 11.9. The molecule has 0 aromatic heterocycles. The molecule has 2 aromatic carbocycles. The fourth-order valence-corrected chi connectivity index (χ4v) is 2.54. The molecule has 0 saturated heterocycles. The Kier molecular flexibility index (Phi) is 3.77. The van der Waals surface area contributed by atoms with Gasteiger partial charge in [-0.2, -0.15) is 0 Å². The minimum Gasteiger partial charge on any atom is -0.497 e. The molecule has 0 bridgehead atoms. The van der Waals surface area contributed by atoms with E-state index in [0.29, 0.717) is 0 Å². The molecule has 0 fully saturated rings. The second-order valence-electron chi connectivity index (χ2n) is 5.11. The number of anilines is 2. The van der Waals surface area contributed by atoms with Crippen LogP contribution in [0.15, 0.2) is 48.5 Å². The highest BCUT2D eigenvalue weighted by atomic mass is 16.5. The van der Waals surface area contributed by atoms with Gasteiger partial charge in [0.25, 0.3) is 0 Å². The molecule has 4 nitrogen and oxygen atoms in total. The van der Waals surface area contributed by atoms with Gasteiger partial charge in [-0.1, -0.05) is 18.2 Å². The van der Waals surface area contributed by atoms with Crippen molar-refractivity contribution in [1.29, 1.82) is 0 Å². The summed E-state index contributed by atoms with van der Waals surface area (Å²) in [5, 5.41) is 6.28. The van der Waals surface area contributed by atoms with Gasteiger partial charge in [0.15, 0.2) is 0 Å². The number of fused-ring (bicyclic) bond motifs is 1. The molecule has 1 unspecified atom stereocenters. The monoisotopic (exact) mass is 282 g/mol. The number of methoxy groups -OCH3 is 1. The smallest absolute Gasteiger partial charge is 0.246 e. The van der Waals surface area contributed by atoms with Gasteiger partial charge in [0.05, 0.1) is 7.11 Å². The molecule has 3 rings (SSSR count). The van der Waals surface area contributed by atoms with Crippen LogP contribution in [0.3, 0.4) is 0 Å². The van der Waals surface area contributed by atoms with E-state index in [2.05, 4.69) is 16.7 Å². The van der Waals surface area contributed by atoms with Gasteiger partial charge >= 0.3 is 0 Å². The third kappa shape index (κ3) is 2.99. The minimum atomic E-state index is -0.231. The SMILES string of the molecule is COc1ccc(NC2CCc3ccccc3NC2=O)cc1. The van der Waals surface area contributed by atoms with E-state index in [-0.39, 0.29) is 11.9 Å². The number of hydrogen-bond donors (Lipinski definition) is 2. The van der Waals surface area contributed by atoms with Crippen LogP contribution in [-0.2, 0) is 11.2 Å². The number of para-hydroxylation sites is 1. The van der Waals surface area contributed by atoms with Crippen LogP contribution in [0.4, 0.5) is 11.4 Å². The van der Waals surface area contributed by atoms with Crippen molar-refractivity contribution in [2.75, 3.05) is 17.7 Å². The largest absolute Gasteiger partial charge is 0.497 e. The van der Waals surface area contributed by atoms with Gasteiger partial charge in [0.2, 0.25) is 5.91 Å². The predicted octanol–water partition coefficient (Wildman–Crippen LogP) is 3.06. The highest BCUT2D eigenvalue weighted by Crippen LogP contribution is 2.23. The van der Waals surface area contributed by atoms with Crippen molar-refractivity contribution in [2.24, 2.45) is 0 Å². The first-order valence-corrected chi connectivity index (χ1v) is 7.05. The third-order valence-corrected chi connectivity index (χ3v) is 3.72. The summed E-state index contributed by atoms with van der Waals surface area (Å²) in [6.07, 6.45) is 1.65. The molecule has 2 aromatic rings. The summed E-state index contributed by atoms with van der Waals surface area (Å²) < 4.78 is 5.14. The van der Waals surface area contributed by atoms with Crippen molar-refractivity contribution < 1.29 is 9.53 Å². The van der Waals surface area contributed by atoms with Crippen molar-refractivity contribution in [1.82, 2.24) is 0 Å². The molecule has 0 radical (unpaired) electrons. The molecule has 21 heavy (non-hydrogen) atoms. The van der Waals surface area contributed by atoms with E-state index in [1.54, 1.807) is 7.11 Å². The van der Waals surface area contributed by atoms with Gasteiger partial charge < -0.3 is 15.4 Å². The normalized spacial score (nSPS) is 17.4. The summed E-state index contributed by atoms with van der Waals surface area (Å²) in [5.41, 5.74) is 3.02. The second-order valence-corrected chi connectivity index (χ2v) is 5.11. The van der Waals surface area contributed by atoms with Crippen LogP contribution in [0.5, 0.6) is 5.75 Å². The van der Waals surface area contributed by atoms with Crippen LogP contribution in [-0.4, -0.2) is 19.1 Å². The van der Waals surface area contributed by atoms with Crippen LogP contribution in [0.1, 0.15) is 12.0 Å². The molecule has 0 saturated carbocycles. The van der Waals surface area contributed by atoms with E-state index in [1.807, 2.05) is 42.5 Å². The van der Waals surface area contributed by atoms with E-state index in [0.717, 1.165) is 30.0 Å². The molecule has 1 aliphatic heterocycles. The number of carbonyl (C=O) groups is 1. The maximum absolute atomic E-state index is 12.3. The van der Waals surface area contributed by atoms with Crippen LogP contribution >= 0.6 is 0 Å². The lowest BCUT2D eigenvalue weighted by Crippen LogP contribution is -2.33. The van der Waals surface area contributed by atoms with E-state index in [1.165, 1.54) is 5.56 Å². The highest BCUT2D eigenvalue weighted by Gasteiger charge is 2.23. The van der Waals surface area contributed by atoms with Crippen molar-refractivity contribution in [3.8, 4) is 5.75 Å². The summed E-state index contributed by atoms with van der Waals surface area (Å²) in [6.45, 7) is 0. The lowest BCUT2D eigenvalue weighted by molar-refractivity contribution is -0.116. The summed E-state index contributed by atoms with van der Waals surface area (Å²) in [7, 11) is 1.64. The molecule has 0 spiro atoms. The number of benzene rings is 2. The topological polar surface area (TPSA) is 50.4 Å². The summed E-state index contributed by atoms with van der Waals surface area (Å²) in [4.78, 5) is 12.3. The molecule has 4 heteroatoms. The van der Waals surface area contributed by atoms with Crippen molar-refractivity contribution >= 4 is 17.3 Å². The van der Waals surface area contributed by atoms with Gasteiger partial charge in [-0.25, -0.2) is 0 Å². The summed E-state index contributed by atoms with van der Waals surface area (Å²) >= 11 is 0. The summed E-state index contributed by atoms with van der Waals surface area (Å²) in [5.74, 6) is 0.814. The third-order valence-electron chi connectivity index (χ3n) is 3.72. The molecule has 2 N–H and O–H groups in total. The average molecular weight is 282 g/mol. The molecule has 0 aliphatic carbocycles. The fraction of sp³-hybridized carbons (Fsp3) is 0.235. The molecule has 1 atom stereocenters. The van der Waals surface area contributed by atoms with E-state index in [9.17, 15) is 4.79 Å². The van der Waals surface area contributed by atoms with Gasteiger partial charge in [-0.15, -0.1) is 0 Å². The van der Waals surface area contributed by atoms with Gasteiger partial charge in [-0.05, 0) is 48.7 Å². The standard InChI is InChI=1S/C17H18N2O2/c1-21-14-9-7-13(8-10-14)18-16-11-6-12-4-2-3-5-15(12)19-17(16)20/h2-5,7-10,16,18H,6,11H2,1H3,(H,19,20). The first-order valence-electron chi connectivity index (χ1n) is 7.05. The number of ether oxygens (including phenoxy) is 1. The van der Waals surface area contributed by atoms with Gasteiger partial charge in [-0.3, -0.25) is 4.79 Å². The highest BCUT2D eigenvalue weighted by molar-refractivity contribution is 5.97. The van der Waals surface area contributed by atoms with Crippen molar-refractivity contribution in [3.63, 3.8) is 0 Å². The van der Waals surface area contributed by atoms with E-state index >= 15 is 0 Å². The summed E-state index contributed by atoms with van der Waals surface area (Å²) in [6, 6.07) is 15.3. The first-order chi connectivity index (χ1) is 10.3. The Hall–Kier alpha value is -2.49. The predicted molar refractivity (Wildman–Crippen MR) is 83.8 cm³/mol. The number of rotatable bonds is 3. The number of amides is 1. The maximum Gasteiger partial charge on any atom is 0.246 e. The molecule has 1 amide bonds. The first kappa shape index (κ1) is 13.5. The van der Waals surface area contributed by atoms with Crippen molar-refractivity contribution in [2.45, 2.75) is 18.9 Å². The number of aryl methyl sites for hydroxylation is 1. The molecular formula is C17H18N2O2. The number of hydrogen-bond acceptors (Lipinski definition) is 3. The van der Waals surface area contributed by atoms with Gasteiger partial charge in [0, 0.05) is 11.4 Å². The lowest BCUT2D eigenvalue weighted by Gasteiger charge is -2.16. The van der Waals surface area contributed by atoms with Gasteiger partial charge in [0.1, 0.15) is 11.8 Å². The quantitative estimate of drug-likeness (QED) is 0.909. The minimum absolute atomic E-state index is 0.00997. The Morgan fingerprint density at radius 1 is 1.14 bits per heavy atom. The average Bonchev–Trinajstić information content (AvgIpc) is 2.67. The molecule has 1 heterocycles. The van der Waals surface area contributed by atoms with Crippen LogP contribution in [0.2, 0.25) is 0 Å². The maximum atomic E-state index is 12.3. The second kappa shape index (κ2) is 5.87. The Morgan fingerprint density at radius 3 is 2.67 bits per heavy atom. The van der Waals surface area contributed by atoms with E-state index < -0.39 is 0 Å². The zero-order chi connectivity index (χ0) is 14.7. The molecular weight excluding hydrogens is 264 g/mol. The lowest BCUT2D eigenvalue weighted by atomic mass is 10.1. The van der Waals surface area contributed by atoms with E-state index in [4.69, 9.17) is 4.74 Å². The van der Waals surface area contributed by atoms with Crippen LogP contribution < -0.4 is 15.4 Å². The zero-order valence-electron chi connectivity index (χ0n) is 11.9. The number of nitrogens with one attached hydrogen (secondary N) is 2. The van der Waals surface area contributed by atoms with Crippen LogP contribution in [0, 0.1) is 0 Å².